The average Bonchev–Trinajstić information content (AvgIpc) is 2.79. The quantitative estimate of drug-likeness (QED) is 0.880. The van der Waals surface area contributed by atoms with Crippen molar-refractivity contribution >= 4 is 23.2 Å². The third-order valence-corrected chi connectivity index (χ3v) is 3.29. The zero-order valence-electron chi connectivity index (χ0n) is 11.6. The number of halogens is 1. The lowest BCUT2D eigenvalue weighted by Gasteiger charge is -2.13. The molecule has 6 heteroatoms. The molecule has 0 radical (unpaired) electrons. The number of hydrogen-bond acceptors (Lipinski definition) is 4. The number of benzene rings is 1. The summed E-state index contributed by atoms with van der Waals surface area (Å²) in [6, 6.07) is 5.82. The summed E-state index contributed by atoms with van der Waals surface area (Å²) in [5.41, 5.74) is 2.79. The van der Waals surface area contributed by atoms with Crippen molar-refractivity contribution in [2.45, 2.75) is 32.6 Å². The van der Waals surface area contributed by atoms with Gasteiger partial charge in [-0.3, -0.25) is 4.79 Å². The molecular weight excluding hydrogens is 278 g/mol. The van der Waals surface area contributed by atoms with Crippen LogP contribution in [0.25, 0.3) is 0 Å². The summed E-state index contributed by atoms with van der Waals surface area (Å²) >= 11 is 6.09. The van der Waals surface area contributed by atoms with Gasteiger partial charge in [-0.25, -0.2) is 0 Å². The van der Waals surface area contributed by atoms with E-state index in [-0.39, 0.29) is 12.3 Å². The Morgan fingerprint density at radius 3 is 2.55 bits per heavy atom. The van der Waals surface area contributed by atoms with Crippen molar-refractivity contribution in [1.82, 2.24) is 10.1 Å². The molecular formula is C14H16ClN3O2. The molecule has 2 aromatic rings. The summed E-state index contributed by atoms with van der Waals surface area (Å²) in [6.07, 6.45) is 0.207. The standard InChI is InChI=1S/C14H16ClN3O2/c1-8-5-4-6-9(2)13(8)17-14(19)11(15)7-12-16-10(3)18-20-12/h4-6,11H,7H2,1-3H3,(H,17,19). The number of alkyl halides is 1. The number of amides is 1. The minimum atomic E-state index is -0.756. The Bertz CT molecular complexity index is 604. The number of carbonyl (C=O) groups is 1. The first-order valence-corrected chi connectivity index (χ1v) is 6.71. The van der Waals surface area contributed by atoms with E-state index in [0.717, 1.165) is 16.8 Å². The second-order valence-corrected chi connectivity index (χ2v) is 5.19. The molecule has 1 unspecified atom stereocenters. The van der Waals surface area contributed by atoms with Gasteiger partial charge in [-0.05, 0) is 31.9 Å². The van der Waals surface area contributed by atoms with Crippen LogP contribution in [0.15, 0.2) is 22.7 Å². The first-order valence-electron chi connectivity index (χ1n) is 6.27. The van der Waals surface area contributed by atoms with E-state index in [2.05, 4.69) is 15.5 Å². The smallest absolute Gasteiger partial charge is 0.242 e. The largest absolute Gasteiger partial charge is 0.339 e. The SMILES string of the molecule is Cc1noc(CC(Cl)C(=O)Nc2c(C)cccc2C)n1. The van der Waals surface area contributed by atoms with E-state index in [1.165, 1.54) is 0 Å². The van der Waals surface area contributed by atoms with Crippen LogP contribution >= 0.6 is 11.6 Å². The van der Waals surface area contributed by atoms with Crippen LogP contribution in [0.3, 0.4) is 0 Å². The Morgan fingerprint density at radius 2 is 2.00 bits per heavy atom. The lowest BCUT2D eigenvalue weighted by molar-refractivity contribution is -0.116. The first-order chi connectivity index (χ1) is 9.47. The Balaban J connectivity index is 2.04. The lowest BCUT2D eigenvalue weighted by atomic mass is 10.1. The molecule has 1 heterocycles. The van der Waals surface area contributed by atoms with Gasteiger partial charge < -0.3 is 9.84 Å². The van der Waals surface area contributed by atoms with Gasteiger partial charge in [-0.2, -0.15) is 4.98 Å². The summed E-state index contributed by atoms with van der Waals surface area (Å²) in [6.45, 7) is 5.59. The zero-order valence-corrected chi connectivity index (χ0v) is 12.4. The van der Waals surface area contributed by atoms with Gasteiger partial charge in [0.25, 0.3) is 0 Å². The summed E-state index contributed by atoms with van der Waals surface area (Å²) < 4.78 is 4.96. The average molecular weight is 294 g/mol. The number of hydrogen-bond donors (Lipinski definition) is 1. The van der Waals surface area contributed by atoms with Crippen LogP contribution in [0.2, 0.25) is 0 Å². The van der Waals surface area contributed by atoms with E-state index < -0.39 is 5.38 Å². The number of para-hydroxylation sites is 1. The van der Waals surface area contributed by atoms with Crippen LogP contribution < -0.4 is 5.32 Å². The molecule has 1 amide bonds. The molecule has 5 nitrogen and oxygen atoms in total. The maximum absolute atomic E-state index is 12.1. The molecule has 2 rings (SSSR count). The van der Waals surface area contributed by atoms with Crippen LogP contribution in [0.1, 0.15) is 22.8 Å². The van der Waals surface area contributed by atoms with Crippen molar-refractivity contribution in [3.8, 4) is 0 Å². The molecule has 0 aliphatic rings. The van der Waals surface area contributed by atoms with Crippen molar-refractivity contribution in [2.75, 3.05) is 5.32 Å². The highest BCUT2D eigenvalue weighted by Crippen LogP contribution is 2.20. The van der Waals surface area contributed by atoms with Gasteiger partial charge in [-0.1, -0.05) is 23.4 Å². The Morgan fingerprint density at radius 1 is 1.35 bits per heavy atom. The van der Waals surface area contributed by atoms with Gasteiger partial charge in [0.15, 0.2) is 5.82 Å². The van der Waals surface area contributed by atoms with Crippen molar-refractivity contribution in [3.63, 3.8) is 0 Å². The number of aromatic nitrogens is 2. The lowest BCUT2D eigenvalue weighted by Crippen LogP contribution is -2.26. The highest BCUT2D eigenvalue weighted by molar-refractivity contribution is 6.32. The molecule has 1 aromatic heterocycles. The normalized spacial score (nSPS) is 12.2. The predicted octanol–water partition coefficient (Wildman–Crippen LogP) is 2.78. The number of rotatable bonds is 4. The first kappa shape index (κ1) is 14.5. The Kier molecular flexibility index (Phi) is 4.39. The Labute approximate surface area is 122 Å². The van der Waals surface area contributed by atoms with Crippen LogP contribution in [-0.4, -0.2) is 21.4 Å². The van der Waals surface area contributed by atoms with Gasteiger partial charge in [0.1, 0.15) is 5.38 Å². The summed E-state index contributed by atoms with van der Waals surface area (Å²) in [4.78, 5) is 16.1. The van der Waals surface area contributed by atoms with Crippen molar-refractivity contribution in [3.05, 3.63) is 41.0 Å². The summed E-state index contributed by atoms with van der Waals surface area (Å²) in [7, 11) is 0. The Hall–Kier alpha value is -1.88. The van der Waals surface area contributed by atoms with Crippen molar-refractivity contribution < 1.29 is 9.32 Å². The maximum Gasteiger partial charge on any atom is 0.242 e. The molecule has 20 heavy (non-hydrogen) atoms. The second-order valence-electron chi connectivity index (χ2n) is 4.66. The molecule has 1 atom stereocenters. The predicted molar refractivity (Wildman–Crippen MR) is 76.9 cm³/mol. The molecule has 0 aliphatic carbocycles. The van der Waals surface area contributed by atoms with E-state index in [9.17, 15) is 4.79 Å². The number of carbonyl (C=O) groups excluding carboxylic acids is 1. The van der Waals surface area contributed by atoms with E-state index in [1.807, 2.05) is 32.0 Å². The highest BCUT2D eigenvalue weighted by atomic mass is 35.5. The van der Waals surface area contributed by atoms with Crippen LogP contribution in [-0.2, 0) is 11.2 Å². The van der Waals surface area contributed by atoms with Crippen LogP contribution in [0, 0.1) is 20.8 Å². The molecule has 0 bridgehead atoms. The minimum Gasteiger partial charge on any atom is -0.339 e. The van der Waals surface area contributed by atoms with Gasteiger partial charge in [0, 0.05) is 5.69 Å². The molecule has 106 valence electrons. The topological polar surface area (TPSA) is 68.0 Å². The number of nitrogens with one attached hydrogen (secondary N) is 1. The molecule has 0 aliphatic heterocycles. The van der Waals surface area contributed by atoms with Gasteiger partial charge in [-0.15, -0.1) is 11.6 Å². The zero-order chi connectivity index (χ0) is 14.7. The van der Waals surface area contributed by atoms with Crippen molar-refractivity contribution in [1.29, 1.82) is 0 Å². The third kappa shape index (κ3) is 3.36. The number of aryl methyl sites for hydroxylation is 3. The van der Waals surface area contributed by atoms with Crippen LogP contribution in [0.4, 0.5) is 5.69 Å². The van der Waals surface area contributed by atoms with E-state index in [0.29, 0.717) is 11.7 Å². The molecule has 0 spiro atoms. The molecule has 0 saturated carbocycles. The minimum absolute atomic E-state index is 0.207. The number of nitrogens with zero attached hydrogens (tertiary/aromatic N) is 2. The van der Waals surface area contributed by atoms with Gasteiger partial charge in [0.05, 0.1) is 6.42 Å². The fourth-order valence-corrected chi connectivity index (χ4v) is 2.07. The monoisotopic (exact) mass is 293 g/mol. The summed E-state index contributed by atoms with van der Waals surface area (Å²) in [5, 5.41) is 5.75. The fraction of sp³-hybridized carbons (Fsp3) is 0.357. The van der Waals surface area contributed by atoms with Crippen LogP contribution in [0.5, 0.6) is 0 Å². The third-order valence-electron chi connectivity index (χ3n) is 2.94. The maximum atomic E-state index is 12.1. The van der Waals surface area contributed by atoms with Crippen molar-refractivity contribution in [2.24, 2.45) is 0 Å². The fourth-order valence-electron chi connectivity index (χ4n) is 1.88. The second kappa shape index (κ2) is 6.05. The molecule has 1 aromatic carbocycles. The highest BCUT2D eigenvalue weighted by Gasteiger charge is 2.20. The van der Waals surface area contributed by atoms with Gasteiger partial charge >= 0.3 is 0 Å². The molecule has 1 N–H and O–H groups in total. The summed E-state index contributed by atoms with van der Waals surface area (Å²) in [5.74, 6) is 0.609. The number of anilines is 1. The molecule has 0 saturated heterocycles. The van der Waals surface area contributed by atoms with E-state index in [4.69, 9.17) is 16.1 Å². The van der Waals surface area contributed by atoms with E-state index in [1.54, 1.807) is 6.92 Å². The van der Waals surface area contributed by atoms with E-state index >= 15 is 0 Å². The molecule has 0 fully saturated rings. The van der Waals surface area contributed by atoms with Gasteiger partial charge in [0.2, 0.25) is 11.8 Å².